The van der Waals surface area contributed by atoms with Crippen molar-refractivity contribution in [3.8, 4) is 5.69 Å². The standard InChI is InChI=1S/C18H16N4O/c23-18(20-16-11-4-5-12-19-16)17-14-9-6-10-15(14)22(21-17)13-7-2-1-3-8-13/h1-5,7-8,11-12H,6,9-10H2,(H,19,20,23). The number of hydrogen-bond acceptors (Lipinski definition) is 3. The first-order valence-electron chi connectivity index (χ1n) is 7.71. The van der Waals surface area contributed by atoms with Crippen LogP contribution in [0.1, 0.15) is 28.2 Å². The SMILES string of the molecule is O=C(Nc1ccccn1)c1nn(-c2ccccc2)c2c1CCC2. The summed E-state index contributed by atoms with van der Waals surface area (Å²) in [7, 11) is 0. The quantitative estimate of drug-likeness (QED) is 0.809. The van der Waals surface area contributed by atoms with Gasteiger partial charge in [0.05, 0.1) is 5.69 Å². The Bertz CT molecular complexity index is 840. The number of aromatic nitrogens is 3. The summed E-state index contributed by atoms with van der Waals surface area (Å²) in [5.74, 6) is 0.343. The molecule has 0 fully saturated rings. The van der Waals surface area contributed by atoms with Crippen molar-refractivity contribution in [3.63, 3.8) is 0 Å². The Morgan fingerprint density at radius 2 is 1.87 bits per heavy atom. The van der Waals surface area contributed by atoms with E-state index in [1.54, 1.807) is 12.3 Å². The summed E-state index contributed by atoms with van der Waals surface area (Å²) in [6, 6.07) is 15.4. The molecule has 3 aromatic rings. The summed E-state index contributed by atoms with van der Waals surface area (Å²) in [5.41, 5.74) is 3.69. The number of carbonyl (C=O) groups excluding carboxylic acids is 1. The summed E-state index contributed by atoms with van der Waals surface area (Å²) in [6.07, 6.45) is 4.56. The van der Waals surface area contributed by atoms with Gasteiger partial charge < -0.3 is 5.32 Å². The van der Waals surface area contributed by atoms with E-state index in [2.05, 4.69) is 15.4 Å². The number of nitrogens with zero attached hydrogens (tertiary/aromatic N) is 3. The van der Waals surface area contributed by atoms with Crippen LogP contribution >= 0.6 is 0 Å². The van der Waals surface area contributed by atoms with E-state index in [1.807, 2.05) is 47.1 Å². The molecule has 0 saturated carbocycles. The molecule has 1 N–H and O–H groups in total. The van der Waals surface area contributed by atoms with Crippen LogP contribution < -0.4 is 5.32 Å². The summed E-state index contributed by atoms with van der Waals surface area (Å²) in [6.45, 7) is 0. The number of nitrogens with one attached hydrogen (secondary N) is 1. The molecule has 0 atom stereocenters. The first-order chi connectivity index (χ1) is 11.3. The van der Waals surface area contributed by atoms with Crippen molar-refractivity contribution >= 4 is 11.7 Å². The number of amides is 1. The van der Waals surface area contributed by atoms with Crippen molar-refractivity contribution in [1.82, 2.24) is 14.8 Å². The number of hydrogen-bond donors (Lipinski definition) is 1. The highest BCUT2D eigenvalue weighted by molar-refractivity contribution is 6.03. The minimum atomic E-state index is -0.198. The number of para-hydroxylation sites is 1. The molecule has 0 saturated heterocycles. The van der Waals surface area contributed by atoms with Gasteiger partial charge in [-0.15, -0.1) is 0 Å². The predicted molar refractivity (Wildman–Crippen MR) is 87.8 cm³/mol. The van der Waals surface area contributed by atoms with Crippen molar-refractivity contribution in [2.24, 2.45) is 0 Å². The smallest absolute Gasteiger partial charge is 0.277 e. The Hall–Kier alpha value is -2.95. The Kier molecular flexibility index (Phi) is 3.38. The van der Waals surface area contributed by atoms with Crippen molar-refractivity contribution in [1.29, 1.82) is 0 Å². The zero-order valence-electron chi connectivity index (χ0n) is 12.6. The summed E-state index contributed by atoms with van der Waals surface area (Å²) >= 11 is 0. The molecule has 1 aromatic carbocycles. The molecule has 1 aliphatic rings. The van der Waals surface area contributed by atoms with E-state index in [0.717, 1.165) is 36.2 Å². The fraction of sp³-hybridized carbons (Fsp3) is 0.167. The maximum Gasteiger partial charge on any atom is 0.277 e. The molecule has 5 heteroatoms. The molecule has 0 aliphatic heterocycles. The highest BCUT2D eigenvalue weighted by Gasteiger charge is 2.27. The van der Waals surface area contributed by atoms with E-state index in [9.17, 15) is 4.79 Å². The molecule has 0 unspecified atom stereocenters. The third kappa shape index (κ3) is 2.50. The number of pyridine rings is 1. The van der Waals surface area contributed by atoms with Crippen LogP contribution in [0.5, 0.6) is 0 Å². The van der Waals surface area contributed by atoms with Gasteiger partial charge in [0.25, 0.3) is 5.91 Å². The lowest BCUT2D eigenvalue weighted by Crippen LogP contribution is -2.15. The first-order valence-corrected chi connectivity index (χ1v) is 7.71. The van der Waals surface area contributed by atoms with Gasteiger partial charge in [0.15, 0.2) is 5.69 Å². The van der Waals surface area contributed by atoms with Crippen molar-refractivity contribution in [3.05, 3.63) is 71.7 Å². The summed E-state index contributed by atoms with van der Waals surface area (Å²) < 4.78 is 1.90. The molecule has 0 spiro atoms. The van der Waals surface area contributed by atoms with E-state index < -0.39 is 0 Å². The van der Waals surface area contributed by atoms with E-state index in [4.69, 9.17) is 0 Å². The normalized spacial score (nSPS) is 12.9. The lowest BCUT2D eigenvalue weighted by molar-refractivity contribution is 0.102. The monoisotopic (exact) mass is 304 g/mol. The Morgan fingerprint density at radius 1 is 1.04 bits per heavy atom. The molecule has 1 amide bonds. The molecule has 23 heavy (non-hydrogen) atoms. The molecule has 0 bridgehead atoms. The second-order valence-corrected chi connectivity index (χ2v) is 5.54. The van der Waals surface area contributed by atoms with E-state index in [1.165, 1.54) is 0 Å². The molecule has 2 heterocycles. The molecule has 2 aromatic heterocycles. The van der Waals surface area contributed by atoms with E-state index in [0.29, 0.717) is 11.5 Å². The molecular weight excluding hydrogens is 288 g/mol. The third-order valence-corrected chi connectivity index (χ3v) is 4.05. The average molecular weight is 304 g/mol. The summed E-state index contributed by atoms with van der Waals surface area (Å²) in [4.78, 5) is 16.7. The van der Waals surface area contributed by atoms with Crippen molar-refractivity contribution in [2.45, 2.75) is 19.3 Å². The highest BCUT2D eigenvalue weighted by atomic mass is 16.2. The number of carbonyl (C=O) groups is 1. The van der Waals surface area contributed by atoms with Gasteiger partial charge in [0.1, 0.15) is 5.82 Å². The van der Waals surface area contributed by atoms with E-state index >= 15 is 0 Å². The second kappa shape index (κ2) is 5.68. The Morgan fingerprint density at radius 3 is 2.65 bits per heavy atom. The van der Waals surface area contributed by atoms with Crippen LogP contribution in [0.4, 0.5) is 5.82 Å². The van der Waals surface area contributed by atoms with Crippen LogP contribution in [0.15, 0.2) is 54.7 Å². The molecule has 114 valence electrons. The van der Waals surface area contributed by atoms with Gasteiger partial charge in [-0.3, -0.25) is 4.79 Å². The Balaban J connectivity index is 1.71. The van der Waals surface area contributed by atoms with Gasteiger partial charge in [-0.05, 0) is 43.5 Å². The maximum absolute atomic E-state index is 12.6. The molecule has 0 radical (unpaired) electrons. The zero-order chi connectivity index (χ0) is 15.6. The minimum absolute atomic E-state index is 0.198. The lowest BCUT2D eigenvalue weighted by Gasteiger charge is -2.05. The van der Waals surface area contributed by atoms with Gasteiger partial charge in [-0.25, -0.2) is 9.67 Å². The third-order valence-electron chi connectivity index (χ3n) is 4.05. The van der Waals surface area contributed by atoms with Gasteiger partial charge >= 0.3 is 0 Å². The Labute approximate surface area is 134 Å². The van der Waals surface area contributed by atoms with Crippen LogP contribution in [0.25, 0.3) is 5.69 Å². The first kappa shape index (κ1) is 13.7. The average Bonchev–Trinajstić information content (AvgIpc) is 3.18. The fourth-order valence-electron chi connectivity index (χ4n) is 3.01. The molecule has 1 aliphatic carbocycles. The van der Waals surface area contributed by atoms with Crippen LogP contribution in [-0.2, 0) is 12.8 Å². The van der Waals surface area contributed by atoms with Crippen molar-refractivity contribution < 1.29 is 4.79 Å². The zero-order valence-corrected chi connectivity index (χ0v) is 12.6. The number of fused-ring (bicyclic) bond motifs is 1. The van der Waals surface area contributed by atoms with Crippen molar-refractivity contribution in [2.75, 3.05) is 5.32 Å². The molecule has 5 nitrogen and oxygen atoms in total. The van der Waals surface area contributed by atoms with Crippen LogP contribution in [0, 0.1) is 0 Å². The predicted octanol–water partition coefficient (Wildman–Crippen LogP) is 3.01. The molecule has 4 rings (SSSR count). The summed E-state index contributed by atoms with van der Waals surface area (Å²) in [5, 5.41) is 7.40. The highest BCUT2D eigenvalue weighted by Crippen LogP contribution is 2.28. The minimum Gasteiger partial charge on any atom is -0.305 e. The largest absolute Gasteiger partial charge is 0.305 e. The topological polar surface area (TPSA) is 59.8 Å². The van der Waals surface area contributed by atoms with Gasteiger partial charge in [0, 0.05) is 17.5 Å². The van der Waals surface area contributed by atoms with Crippen LogP contribution in [0.2, 0.25) is 0 Å². The van der Waals surface area contributed by atoms with Gasteiger partial charge in [-0.1, -0.05) is 24.3 Å². The molecular formula is C18H16N4O. The van der Waals surface area contributed by atoms with Crippen LogP contribution in [0.3, 0.4) is 0 Å². The van der Waals surface area contributed by atoms with Gasteiger partial charge in [-0.2, -0.15) is 5.10 Å². The number of rotatable bonds is 3. The maximum atomic E-state index is 12.6. The van der Waals surface area contributed by atoms with Gasteiger partial charge in [0.2, 0.25) is 0 Å². The fourth-order valence-corrected chi connectivity index (χ4v) is 3.01. The second-order valence-electron chi connectivity index (χ2n) is 5.54. The number of anilines is 1. The lowest BCUT2D eigenvalue weighted by atomic mass is 10.2. The number of benzene rings is 1. The van der Waals surface area contributed by atoms with Crippen LogP contribution in [-0.4, -0.2) is 20.7 Å². The van der Waals surface area contributed by atoms with E-state index in [-0.39, 0.29) is 5.91 Å².